The number of aryl methyl sites for hydroxylation is 1. The summed E-state index contributed by atoms with van der Waals surface area (Å²) < 4.78 is 29.9. The molecule has 1 unspecified atom stereocenters. The lowest BCUT2D eigenvalue weighted by Crippen LogP contribution is -2.49. The molecule has 9 heteroatoms. The number of imidazole rings is 1. The summed E-state index contributed by atoms with van der Waals surface area (Å²) in [6, 6.07) is 9.15. The zero-order valence-corrected chi connectivity index (χ0v) is 16.6. The lowest BCUT2D eigenvalue weighted by Gasteiger charge is -2.34. The second kappa shape index (κ2) is 7.93. The van der Waals surface area contributed by atoms with E-state index in [1.165, 1.54) is 0 Å². The van der Waals surface area contributed by atoms with Crippen LogP contribution in [0.5, 0.6) is 0 Å². The Morgan fingerprint density at radius 1 is 1.19 bits per heavy atom. The Bertz CT molecular complexity index is 1030. The summed E-state index contributed by atoms with van der Waals surface area (Å²) in [7, 11) is -1.63. The van der Waals surface area contributed by atoms with E-state index < -0.39 is 10.0 Å². The van der Waals surface area contributed by atoms with Gasteiger partial charge in [-0.15, -0.1) is 12.4 Å². The van der Waals surface area contributed by atoms with E-state index in [1.54, 1.807) is 16.7 Å². The van der Waals surface area contributed by atoms with E-state index >= 15 is 0 Å². The molecule has 4 rings (SSSR count). The number of benzene rings is 1. The molecule has 3 aromatic rings. The Kier molecular flexibility index (Phi) is 5.81. The second-order valence-corrected chi connectivity index (χ2v) is 8.40. The Morgan fingerprint density at radius 3 is 2.78 bits per heavy atom. The maximum absolute atomic E-state index is 13.2. The van der Waals surface area contributed by atoms with Gasteiger partial charge in [0.1, 0.15) is 5.82 Å². The SMILES string of the molecule is Cl.Cn1ccnc1C1CNCCN1S(=O)(=O)Cc1cccc2cccnc12. The Morgan fingerprint density at radius 2 is 2.00 bits per heavy atom. The molecule has 7 nitrogen and oxygen atoms in total. The van der Waals surface area contributed by atoms with Crippen molar-refractivity contribution < 1.29 is 8.42 Å². The molecule has 1 saturated heterocycles. The molecule has 3 heterocycles. The van der Waals surface area contributed by atoms with Crippen LogP contribution in [-0.2, 0) is 22.8 Å². The van der Waals surface area contributed by atoms with Crippen molar-refractivity contribution in [1.82, 2.24) is 24.2 Å². The number of nitrogens with one attached hydrogen (secondary N) is 1. The summed E-state index contributed by atoms with van der Waals surface area (Å²) in [6.45, 7) is 1.61. The first-order valence-corrected chi connectivity index (χ1v) is 10.2. The number of rotatable bonds is 4. The third kappa shape index (κ3) is 3.84. The zero-order chi connectivity index (χ0) is 18.1. The predicted molar refractivity (Wildman–Crippen MR) is 107 cm³/mol. The van der Waals surface area contributed by atoms with Gasteiger partial charge in [-0.25, -0.2) is 13.4 Å². The first-order valence-electron chi connectivity index (χ1n) is 8.56. The van der Waals surface area contributed by atoms with Crippen LogP contribution in [-0.4, -0.2) is 46.9 Å². The van der Waals surface area contributed by atoms with Crippen LogP contribution in [0.3, 0.4) is 0 Å². The van der Waals surface area contributed by atoms with E-state index in [4.69, 9.17) is 0 Å². The van der Waals surface area contributed by atoms with Crippen LogP contribution in [0.2, 0.25) is 0 Å². The van der Waals surface area contributed by atoms with E-state index in [9.17, 15) is 8.42 Å². The van der Waals surface area contributed by atoms with E-state index in [1.807, 2.05) is 48.1 Å². The van der Waals surface area contributed by atoms with Crippen molar-refractivity contribution in [2.45, 2.75) is 11.8 Å². The molecule has 1 atom stereocenters. The number of pyridine rings is 1. The minimum atomic E-state index is -3.52. The first-order chi connectivity index (χ1) is 12.6. The number of halogens is 1. The molecule has 0 aliphatic carbocycles. The van der Waals surface area contributed by atoms with Crippen molar-refractivity contribution in [3.8, 4) is 0 Å². The molecular formula is C18H22ClN5O2S. The lowest BCUT2D eigenvalue weighted by molar-refractivity contribution is 0.258. The number of nitrogens with zero attached hydrogens (tertiary/aromatic N) is 4. The highest BCUT2D eigenvalue weighted by Gasteiger charge is 2.35. The molecular weight excluding hydrogens is 386 g/mol. The highest BCUT2D eigenvalue weighted by Crippen LogP contribution is 2.27. The van der Waals surface area contributed by atoms with Crippen LogP contribution in [0.15, 0.2) is 48.9 Å². The van der Waals surface area contributed by atoms with Gasteiger partial charge in [-0.3, -0.25) is 4.98 Å². The van der Waals surface area contributed by atoms with Gasteiger partial charge in [0, 0.05) is 50.7 Å². The number of hydrogen-bond acceptors (Lipinski definition) is 5. The monoisotopic (exact) mass is 407 g/mol. The molecule has 27 heavy (non-hydrogen) atoms. The highest BCUT2D eigenvalue weighted by molar-refractivity contribution is 7.88. The molecule has 144 valence electrons. The molecule has 0 spiro atoms. The van der Waals surface area contributed by atoms with Crippen molar-refractivity contribution in [1.29, 1.82) is 0 Å². The smallest absolute Gasteiger partial charge is 0.219 e. The normalized spacial score (nSPS) is 18.3. The van der Waals surface area contributed by atoms with E-state index in [-0.39, 0.29) is 24.2 Å². The minimum absolute atomic E-state index is 0. The molecule has 1 aromatic carbocycles. The summed E-state index contributed by atoms with van der Waals surface area (Å²) in [5, 5.41) is 4.22. The fourth-order valence-electron chi connectivity index (χ4n) is 3.50. The van der Waals surface area contributed by atoms with Gasteiger partial charge >= 0.3 is 0 Å². The minimum Gasteiger partial charge on any atom is -0.337 e. The largest absolute Gasteiger partial charge is 0.337 e. The molecule has 1 fully saturated rings. The number of aromatic nitrogens is 3. The number of para-hydroxylation sites is 1. The molecule has 0 saturated carbocycles. The van der Waals surface area contributed by atoms with Gasteiger partial charge in [-0.05, 0) is 11.6 Å². The maximum atomic E-state index is 13.2. The second-order valence-electron chi connectivity index (χ2n) is 6.48. The molecule has 2 aromatic heterocycles. The Balaban J connectivity index is 0.00000210. The summed E-state index contributed by atoms with van der Waals surface area (Å²) >= 11 is 0. The first kappa shape index (κ1) is 19.8. The zero-order valence-electron chi connectivity index (χ0n) is 14.9. The lowest BCUT2D eigenvalue weighted by atomic mass is 10.1. The van der Waals surface area contributed by atoms with Crippen LogP contribution in [0.25, 0.3) is 10.9 Å². The van der Waals surface area contributed by atoms with Gasteiger partial charge in [-0.2, -0.15) is 4.31 Å². The summed E-state index contributed by atoms with van der Waals surface area (Å²) in [6.07, 6.45) is 5.23. The van der Waals surface area contributed by atoms with E-state index in [0.29, 0.717) is 19.6 Å². The van der Waals surface area contributed by atoms with Gasteiger partial charge in [0.2, 0.25) is 10.0 Å². The van der Waals surface area contributed by atoms with Gasteiger partial charge in [0.05, 0.1) is 17.3 Å². The predicted octanol–water partition coefficient (Wildman–Crippen LogP) is 1.87. The summed E-state index contributed by atoms with van der Waals surface area (Å²) in [4.78, 5) is 8.75. The fourth-order valence-corrected chi connectivity index (χ4v) is 5.22. The molecule has 0 bridgehead atoms. The maximum Gasteiger partial charge on any atom is 0.219 e. The molecule has 1 aliphatic heterocycles. The van der Waals surface area contributed by atoms with Gasteiger partial charge in [-0.1, -0.05) is 24.3 Å². The van der Waals surface area contributed by atoms with Crippen LogP contribution in [0.1, 0.15) is 17.4 Å². The molecule has 1 aliphatic rings. The van der Waals surface area contributed by atoms with Crippen molar-refractivity contribution in [3.05, 3.63) is 60.3 Å². The molecule has 0 amide bonds. The topological polar surface area (TPSA) is 80.1 Å². The van der Waals surface area contributed by atoms with Gasteiger partial charge in [0.25, 0.3) is 0 Å². The number of piperazine rings is 1. The number of hydrogen-bond donors (Lipinski definition) is 1. The third-order valence-electron chi connectivity index (χ3n) is 4.76. The third-order valence-corrected chi connectivity index (χ3v) is 6.59. The van der Waals surface area contributed by atoms with Crippen molar-refractivity contribution in [2.24, 2.45) is 7.05 Å². The highest BCUT2D eigenvalue weighted by atomic mass is 35.5. The Labute approximate surface area is 164 Å². The van der Waals surface area contributed by atoms with Crippen LogP contribution in [0, 0.1) is 0 Å². The van der Waals surface area contributed by atoms with Crippen LogP contribution < -0.4 is 5.32 Å². The fraction of sp³-hybridized carbons (Fsp3) is 0.333. The number of fused-ring (bicyclic) bond motifs is 1. The van der Waals surface area contributed by atoms with Crippen molar-refractivity contribution >= 4 is 33.3 Å². The van der Waals surface area contributed by atoms with Crippen molar-refractivity contribution in [2.75, 3.05) is 19.6 Å². The Hall–Kier alpha value is -2.00. The van der Waals surface area contributed by atoms with Crippen molar-refractivity contribution in [3.63, 3.8) is 0 Å². The molecule has 0 radical (unpaired) electrons. The van der Waals surface area contributed by atoms with Gasteiger partial charge in [0.15, 0.2) is 0 Å². The average Bonchev–Trinajstić information content (AvgIpc) is 3.08. The quantitative estimate of drug-likeness (QED) is 0.714. The summed E-state index contributed by atoms with van der Waals surface area (Å²) in [5.74, 6) is 0.680. The summed E-state index contributed by atoms with van der Waals surface area (Å²) in [5.41, 5.74) is 1.46. The van der Waals surface area contributed by atoms with Crippen LogP contribution >= 0.6 is 12.4 Å². The van der Waals surface area contributed by atoms with Crippen LogP contribution in [0.4, 0.5) is 0 Å². The van der Waals surface area contributed by atoms with Gasteiger partial charge < -0.3 is 9.88 Å². The molecule has 1 N–H and O–H groups in total. The standard InChI is InChI=1S/C18H21N5O2S.ClH/c1-22-10-9-21-18(22)16-12-19-8-11-23(16)26(24,25)13-15-5-2-4-14-6-3-7-20-17(14)15;/h2-7,9-10,16,19H,8,11-13H2,1H3;1H. The van der Waals surface area contributed by atoms with E-state index in [2.05, 4.69) is 15.3 Å². The van der Waals surface area contributed by atoms with E-state index in [0.717, 1.165) is 22.3 Å². The average molecular weight is 408 g/mol. The number of sulfonamides is 1.